The zero-order chi connectivity index (χ0) is 24.1. The van der Waals surface area contributed by atoms with Crippen LogP contribution in [0.3, 0.4) is 0 Å². The fraction of sp³-hybridized carbons (Fsp3) is 0.269. The maximum absolute atomic E-state index is 13.1. The molecule has 0 saturated heterocycles. The van der Waals surface area contributed by atoms with E-state index >= 15 is 0 Å². The molecule has 0 aliphatic carbocycles. The molecule has 0 aliphatic rings. The van der Waals surface area contributed by atoms with Gasteiger partial charge in [0, 0.05) is 24.7 Å². The third kappa shape index (κ3) is 4.96. The first kappa shape index (κ1) is 23.1. The highest BCUT2D eigenvalue weighted by Crippen LogP contribution is 2.29. The van der Waals surface area contributed by atoms with Crippen LogP contribution in [0.25, 0.3) is 10.9 Å². The number of hydrogen-bond acceptors (Lipinski definition) is 6. The van der Waals surface area contributed by atoms with Gasteiger partial charge in [0.1, 0.15) is 5.76 Å². The summed E-state index contributed by atoms with van der Waals surface area (Å²) in [7, 11) is 3.06. The van der Waals surface area contributed by atoms with Crippen molar-refractivity contribution in [2.75, 3.05) is 19.1 Å². The van der Waals surface area contributed by atoms with Crippen molar-refractivity contribution in [1.29, 1.82) is 0 Å². The zero-order valence-electron chi connectivity index (χ0n) is 19.5. The first-order valence-electron chi connectivity index (χ1n) is 11.0. The molecule has 8 nitrogen and oxygen atoms in total. The summed E-state index contributed by atoms with van der Waals surface area (Å²) in [4.78, 5) is 32.2. The third-order valence-corrected chi connectivity index (χ3v) is 5.66. The molecule has 1 amide bonds. The fourth-order valence-corrected chi connectivity index (χ4v) is 3.79. The molecule has 0 aliphatic heterocycles. The van der Waals surface area contributed by atoms with Crippen LogP contribution in [0, 0.1) is 6.92 Å². The number of methoxy groups -OCH3 is 2. The van der Waals surface area contributed by atoms with E-state index in [0.717, 1.165) is 11.3 Å². The number of nitrogens with zero attached hydrogens (tertiary/aromatic N) is 3. The van der Waals surface area contributed by atoms with Crippen molar-refractivity contribution in [3.63, 3.8) is 0 Å². The molecule has 0 saturated carbocycles. The van der Waals surface area contributed by atoms with Crippen molar-refractivity contribution in [2.45, 2.75) is 32.9 Å². The summed E-state index contributed by atoms with van der Waals surface area (Å²) < 4.78 is 17.6. The summed E-state index contributed by atoms with van der Waals surface area (Å²) in [6.07, 6.45) is 3.85. The van der Waals surface area contributed by atoms with Crippen LogP contribution >= 0.6 is 0 Å². The molecular weight excluding hydrogens is 434 g/mol. The van der Waals surface area contributed by atoms with E-state index in [9.17, 15) is 9.59 Å². The minimum Gasteiger partial charge on any atom is -0.493 e. The van der Waals surface area contributed by atoms with Gasteiger partial charge in [-0.1, -0.05) is 17.7 Å². The zero-order valence-corrected chi connectivity index (χ0v) is 19.5. The van der Waals surface area contributed by atoms with Crippen molar-refractivity contribution in [3.8, 4) is 11.5 Å². The Morgan fingerprint density at radius 3 is 2.50 bits per heavy atom. The van der Waals surface area contributed by atoms with Crippen molar-refractivity contribution >= 4 is 22.5 Å². The van der Waals surface area contributed by atoms with Crippen molar-refractivity contribution in [2.24, 2.45) is 0 Å². The minimum atomic E-state index is -0.190. The largest absolute Gasteiger partial charge is 0.493 e. The number of aromatic nitrogens is 2. The van der Waals surface area contributed by atoms with Gasteiger partial charge >= 0.3 is 0 Å². The molecule has 8 heteroatoms. The van der Waals surface area contributed by atoms with Crippen molar-refractivity contribution < 1.29 is 18.7 Å². The van der Waals surface area contributed by atoms with Crippen molar-refractivity contribution in [1.82, 2.24) is 9.55 Å². The molecule has 0 atom stereocenters. The highest BCUT2D eigenvalue weighted by molar-refractivity contribution is 5.93. The van der Waals surface area contributed by atoms with E-state index < -0.39 is 0 Å². The Bertz CT molecular complexity index is 1330. The maximum Gasteiger partial charge on any atom is 0.261 e. The molecule has 34 heavy (non-hydrogen) atoms. The molecule has 0 spiro atoms. The monoisotopic (exact) mass is 461 g/mol. The van der Waals surface area contributed by atoms with Crippen molar-refractivity contribution in [3.05, 3.63) is 82.8 Å². The molecular formula is C26H27N3O5. The SMILES string of the molecule is COc1cc2ncn(CCCC(=O)N(Cc3ccco3)c3ccc(C)cc3)c(=O)c2cc1OC. The Morgan fingerprint density at radius 2 is 1.82 bits per heavy atom. The lowest BCUT2D eigenvalue weighted by atomic mass is 10.2. The molecule has 4 aromatic rings. The van der Waals surface area contributed by atoms with E-state index in [4.69, 9.17) is 13.9 Å². The van der Waals surface area contributed by atoms with Crippen LogP contribution in [0.5, 0.6) is 11.5 Å². The van der Waals surface area contributed by atoms with E-state index in [-0.39, 0.29) is 17.9 Å². The second-order valence-corrected chi connectivity index (χ2v) is 7.97. The minimum absolute atomic E-state index is 0.0477. The average molecular weight is 462 g/mol. The van der Waals surface area contributed by atoms with Crippen LogP contribution in [-0.4, -0.2) is 29.7 Å². The number of fused-ring (bicyclic) bond motifs is 1. The van der Waals surface area contributed by atoms with Gasteiger partial charge in [-0.2, -0.15) is 0 Å². The number of hydrogen-bond donors (Lipinski definition) is 0. The molecule has 2 heterocycles. The normalized spacial score (nSPS) is 10.9. The first-order chi connectivity index (χ1) is 16.5. The van der Waals surface area contributed by atoms with Gasteiger partial charge in [-0.05, 0) is 43.7 Å². The summed E-state index contributed by atoms with van der Waals surface area (Å²) in [5, 5.41) is 0.436. The van der Waals surface area contributed by atoms with E-state index in [1.54, 1.807) is 29.4 Å². The number of benzene rings is 2. The van der Waals surface area contributed by atoms with E-state index in [1.807, 2.05) is 37.3 Å². The van der Waals surface area contributed by atoms with Gasteiger partial charge in [0.25, 0.3) is 5.56 Å². The van der Waals surface area contributed by atoms with Crippen LogP contribution in [0.1, 0.15) is 24.2 Å². The molecule has 2 aromatic heterocycles. The molecule has 2 aromatic carbocycles. The lowest BCUT2D eigenvalue weighted by Gasteiger charge is -2.22. The van der Waals surface area contributed by atoms with E-state index in [0.29, 0.717) is 47.7 Å². The number of anilines is 1. The second kappa shape index (κ2) is 10.2. The fourth-order valence-electron chi connectivity index (χ4n) is 3.79. The van der Waals surface area contributed by atoms with Crippen LogP contribution in [-0.2, 0) is 17.9 Å². The predicted octanol–water partition coefficient (Wildman–Crippen LogP) is 4.33. The van der Waals surface area contributed by atoms with Gasteiger partial charge in [-0.15, -0.1) is 0 Å². The smallest absolute Gasteiger partial charge is 0.261 e. The molecule has 4 rings (SSSR count). The van der Waals surface area contributed by atoms with Gasteiger partial charge in [-0.3, -0.25) is 14.2 Å². The molecule has 0 N–H and O–H groups in total. The summed E-state index contributed by atoms with van der Waals surface area (Å²) in [6, 6.07) is 14.8. The van der Waals surface area contributed by atoms with Gasteiger partial charge in [0.05, 0.1) is 44.3 Å². The summed E-state index contributed by atoms with van der Waals surface area (Å²) in [5.74, 6) is 1.63. The number of rotatable bonds is 9. The van der Waals surface area contributed by atoms with E-state index in [1.165, 1.54) is 25.1 Å². The lowest BCUT2D eigenvalue weighted by molar-refractivity contribution is -0.119. The Labute approximate surface area is 197 Å². The van der Waals surface area contributed by atoms with Crippen LogP contribution in [0.2, 0.25) is 0 Å². The molecule has 0 fully saturated rings. The number of furan rings is 1. The van der Waals surface area contributed by atoms with Gasteiger partial charge in [-0.25, -0.2) is 4.98 Å². The Hall–Kier alpha value is -4.07. The van der Waals surface area contributed by atoms with Crippen LogP contribution in [0.4, 0.5) is 5.69 Å². The highest BCUT2D eigenvalue weighted by atomic mass is 16.5. The Balaban J connectivity index is 1.49. The second-order valence-electron chi connectivity index (χ2n) is 7.97. The summed E-state index contributed by atoms with van der Waals surface area (Å²) >= 11 is 0. The average Bonchev–Trinajstić information content (AvgIpc) is 3.37. The number of ether oxygens (including phenoxy) is 2. The number of carbonyl (C=O) groups is 1. The Kier molecular flexibility index (Phi) is 6.96. The predicted molar refractivity (Wildman–Crippen MR) is 129 cm³/mol. The van der Waals surface area contributed by atoms with E-state index in [2.05, 4.69) is 4.98 Å². The summed E-state index contributed by atoms with van der Waals surface area (Å²) in [6.45, 7) is 2.71. The lowest BCUT2D eigenvalue weighted by Crippen LogP contribution is -2.30. The summed E-state index contributed by atoms with van der Waals surface area (Å²) in [5.41, 5.74) is 2.26. The molecule has 176 valence electrons. The quantitative estimate of drug-likeness (QED) is 0.369. The highest BCUT2D eigenvalue weighted by Gasteiger charge is 2.18. The molecule has 0 unspecified atom stereocenters. The number of aryl methyl sites for hydroxylation is 2. The first-order valence-corrected chi connectivity index (χ1v) is 11.0. The van der Waals surface area contributed by atoms with Gasteiger partial charge in [0.15, 0.2) is 11.5 Å². The standard InChI is InChI=1S/C26H27N3O5/c1-18-8-10-19(11-9-18)29(16-20-6-5-13-34-20)25(30)7-4-12-28-17-27-22-15-24(33-3)23(32-2)14-21(22)26(28)31/h5-6,8-11,13-15,17H,4,7,12,16H2,1-3H3. The third-order valence-electron chi connectivity index (χ3n) is 5.66. The van der Waals surface area contributed by atoms with Crippen LogP contribution < -0.4 is 19.9 Å². The van der Waals surface area contributed by atoms with Gasteiger partial charge in [0.2, 0.25) is 5.91 Å². The number of carbonyl (C=O) groups excluding carboxylic acids is 1. The van der Waals surface area contributed by atoms with Gasteiger partial charge < -0.3 is 18.8 Å². The van der Waals surface area contributed by atoms with Crippen LogP contribution in [0.15, 0.2) is 70.3 Å². The Morgan fingerprint density at radius 1 is 1.09 bits per heavy atom. The topological polar surface area (TPSA) is 86.8 Å². The maximum atomic E-state index is 13.1. The number of amides is 1. The molecule has 0 radical (unpaired) electrons. The molecule has 0 bridgehead atoms.